The number of hydrogen-bond donors (Lipinski definition) is 1. The first-order valence-corrected chi connectivity index (χ1v) is 6.77. The Bertz CT molecular complexity index is 566. The molecule has 2 rings (SSSR count). The number of benzene rings is 1. The van der Waals surface area contributed by atoms with Crippen LogP contribution >= 0.6 is 0 Å². The average molecular weight is 279 g/mol. The Hall–Kier alpha value is -1.75. The highest BCUT2D eigenvalue weighted by Crippen LogP contribution is 2.22. The van der Waals surface area contributed by atoms with Gasteiger partial charge in [-0.3, -0.25) is 4.68 Å². The quantitative estimate of drug-likeness (QED) is 0.881. The summed E-state index contributed by atoms with van der Waals surface area (Å²) >= 11 is 0. The van der Waals surface area contributed by atoms with Gasteiger partial charge in [0.05, 0.1) is 0 Å². The first-order chi connectivity index (χ1) is 9.61. The first kappa shape index (κ1) is 14.7. The molecule has 0 amide bonds. The molecule has 0 saturated heterocycles. The second-order valence-corrected chi connectivity index (χ2v) is 4.76. The highest BCUT2D eigenvalue weighted by Gasteiger charge is 2.16. The number of rotatable bonds is 6. The van der Waals surface area contributed by atoms with Crippen molar-refractivity contribution in [1.82, 2.24) is 15.1 Å². The topological polar surface area (TPSA) is 29.9 Å². The van der Waals surface area contributed by atoms with Gasteiger partial charge in [-0.05, 0) is 31.5 Å². The van der Waals surface area contributed by atoms with E-state index in [0.29, 0.717) is 5.56 Å². The molecule has 1 unspecified atom stereocenters. The Labute approximate surface area is 117 Å². The van der Waals surface area contributed by atoms with Crippen LogP contribution in [-0.2, 0) is 13.5 Å². The fraction of sp³-hybridized carbons (Fsp3) is 0.400. The number of hydrogen-bond acceptors (Lipinski definition) is 2. The predicted octanol–water partition coefficient (Wildman–Crippen LogP) is 2.98. The Kier molecular flexibility index (Phi) is 4.84. The van der Waals surface area contributed by atoms with E-state index in [2.05, 4.69) is 10.4 Å². The van der Waals surface area contributed by atoms with Gasteiger partial charge >= 0.3 is 0 Å². The zero-order chi connectivity index (χ0) is 14.5. The molecule has 0 aliphatic heterocycles. The van der Waals surface area contributed by atoms with Crippen molar-refractivity contribution in [3.05, 3.63) is 53.4 Å². The summed E-state index contributed by atoms with van der Waals surface area (Å²) in [4.78, 5) is 0. The number of aromatic nitrogens is 2. The molecule has 0 saturated carbocycles. The van der Waals surface area contributed by atoms with Crippen molar-refractivity contribution in [2.75, 3.05) is 6.54 Å². The Morgan fingerprint density at radius 1 is 1.30 bits per heavy atom. The maximum absolute atomic E-state index is 13.9. The van der Waals surface area contributed by atoms with Crippen molar-refractivity contribution >= 4 is 0 Å². The normalized spacial score (nSPS) is 12.6. The molecule has 2 aromatic rings. The Balaban J connectivity index is 2.12. The highest BCUT2D eigenvalue weighted by molar-refractivity contribution is 5.22. The minimum atomic E-state index is -0.548. The van der Waals surface area contributed by atoms with Crippen LogP contribution in [0.25, 0.3) is 0 Å². The monoisotopic (exact) mass is 279 g/mol. The van der Waals surface area contributed by atoms with Gasteiger partial charge in [0.1, 0.15) is 11.6 Å². The molecule has 3 nitrogen and oxygen atoms in total. The maximum Gasteiger partial charge on any atom is 0.130 e. The molecule has 0 aliphatic carbocycles. The standard InChI is InChI=1S/C15H19F2N3/c1-3-18-15(7-5-12-8-9-19-20(12)2)13-6-4-11(16)10-14(13)17/h4,6,8-10,15,18H,3,5,7H2,1-2H3. The van der Waals surface area contributed by atoms with Crippen molar-refractivity contribution in [2.45, 2.75) is 25.8 Å². The molecule has 0 spiro atoms. The van der Waals surface area contributed by atoms with Crippen LogP contribution in [0.15, 0.2) is 30.5 Å². The van der Waals surface area contributed by atoms with Crippen molar-refractivity contribution in [1.29, 1.82) is 0 Å². The van der Waals surface area contributed by atoms with E-state index >= 15 is 0 Å². The van der Waals surface area contributed by atoms with Crippen LogP contribution in [0.1, 0.15) is 30.6 Å². The van der Waals surface area contributed by atoms with Crippen LogP contribution in [-0.4, -0.2) is 16.3 Å². The lowest BCUT2D eigenvalue weighted by atomic mass is 10.00. The minimum absolute atomic E-state index is 0.129. The van der Waals surface area contributed by atoms with Gasteiger partial charge in [0.15, 0.2) is 0 Å². The van der Waals surface area contributed by atoms with Gasteiger partial charge in [-0.25, -0.2) is 8.78 Å². The molecule has 0 fully saturated rings. The zero-order valence-electron chi connectivity index (χ0n) is 11.7. The number of nitrogens with one attached hydrogen (secondary N) is 1. The number of halogens is 2. The molecule has 108 valence electrons. The smallest absolute Gasteiger partial charge is 0.130 e. The van der Waals surface area contributed by atoms with E-state index < -0.39 is 11.6 Å². The van der Waals surface area contributed by atoms with Crippen LogP contribution in [0.4, 0.5) is 8.78 Å². The zero-order valence-corrected chi connectivity index (χ0v) is 11.7. The lowest BCUT2D eigenvalue weighted by Gasteiger charge is -2.19. The number of nitrogens with zero attached hydrogens (tertiary/aromatic N) is 2. The van der Waals surface area contributed by atoms with Gasteiger partial charge in [0.25, 0.3) is 0 Å². The molecule has 1 aromatic carbocycles. The van der Waals surface area contributed by atoms with E-state index in [0.717, 1.165) is 31.1 Å². The molecule has 1 N–H and O–H groups in total. The number of aryl methyl sites for hydroxylation is 2. The summed E-state index contributed by atoms with van der Waals surface area (Å²) in [6.45, 7) is 2.70. The van der Waals surface area contributed by atoms with Crippen molar-refractivity contribution in [2.24, 2.45) is 7.05 Å². The largest absolute Gasteiger partial charge is 0.310 e. The summed E-state index contributed by atoms with van der Waals surface area (Å²) < 4.78 is 28.7. The van der Waals surface area contributed by atoms with E-state index in [1.165, 1.54) is 12.1 Å². The first-order valence-electron chi connectivity index (χ1n) is 6.77. The summed E-state index contributed by atoms with van der Waals surface area (Å²) in [7, 11) is 1.88. The van der Waals surface area contributed by atoms with Crippen LogP contribution < -0.4 is 5.32 Å². The molecule has 1 heterocycles. The molecule has 20 heavy (non-hydrogen) atoms. The summed E-state index contributed by atoms with van der Waals surface area (Å²) in [5.74, 6) is -1.05. The van der Waals surface area contributed by atoms with Crippen LogP contribution in [0.5, 0.6) is 0 Å². The van der Waals surface area contributed by atoms with Gasteiger partial charge in [0, 0.05) is 36.6 Å². The van der Waals surface area contributed by atoms with Crippen molar-refractivity contribution < 1.29 is 8.78 Å². The average Bonchev–Trinajstić information content (AvgIpc) is 2.81. The van der Waals surface area contributed by atoms with Crippen molar-refractivity contribution in [3.63, 3.8) is 0 Å². The van der Waals surface area contributed by atoms with Crippen molar-refractivity contribution in [3.8, 4) is 0 Å². The third kappa shape index (κ3) is 3.42. The summed E-state index contributed by atoms with van der Waals surface area (Å²) in [5, 5.41) is 7.36. The molecule has 0 aliphatic rings. The molecule has 1 aromatic heterocycles. The summed E-state index contributed by atoms with van der Waals surface area (Å²) in [6.07, 6.45) is 3.26. The summed E-state index contributed by atoms with van der Waals surface area (Å²) in [6, 6.07) is 5.57. The fourth-order valence-corrected chi connectivity index (χ4v) is 2.34. The second-order valence-electron chi connectivity index (χ2n) is 4.76. The molecule has 0 bridgehead atoms. The van der Waals surface area contributed by atoms with Gasteiger partial charge in [-0.2, -0.15) is 5.10 Å². The van der Waals surface area contributed by atoms with Gasteiger partial charge in [0.2, 0.25) is 0 Å². The minimum Gasteiger partial charge on any atom is -0.310 e. The molecule has 1 atom stereocenters. The molecule has 5 heteroatoms. The molecule has 0 radical (unpaired) electrons. The fourth-order valence-electron chi connectivity index (χ4n) is 2.34. The van der Waals surface area contributed by atoms with Gasteiger partial charge < -0.3 is 5.32 Å². The lowest BCUT2D eigenvalue weighted by molar-refractivity contribution is 0.474. The summed E-state index contributed by atoms with van der Waals surface area (Å²) in [5.41, 5.74) is 1.60. The van der Waals surface area contributed by atoms with Crippen LogP contribution in [0, 0.1) is 11.6 Å². The van der Waals surface area contributed by atoms with E-state index in [1.54, 1.807) is 6.20 Å². The van der Waals surface area contributed by atoms with Crippen LogP contribution in [0.3, 0.4) is 0 Å². The van der Waals surface area contributed by atoms with E-state index in [9.17, 15) is 8.78 Å². The van der Waals surface area contributed by atoms with E-state index in [1.807, 2.05) is 24.7 Å². The molecular weight excluding hydrogens is 260 g/mol. The second kappa shape index (κ2) is 6.61. The third-order valence-corrected chi connectivity index (χ3v) is 3.40. The van der Waals surface area contributed by atoms with Gasteiger partial charge in [-0.15, -0.1) is 0 Å². The SMILES string of the molecule is CCNC(CCc1ccnn1C)c1ccc(F)cc1F. The van der Waals surface area contributed by atoms with Crippen LogP contribution in [0.2, 0.25) is 0 Å². The predicted molar refractivity (Wildman–Crippen MR) is 74.3 cm³/mol. The third-order valence-electron chi connectivity index (χ3n) is 3.40. The lowest BCUT2D eigenvalue weighted by Crippen LogP contribution is -2.23. The maximum atomic E-state index is 13.9. The van der Waals surface area contributed by atoms with E-state index in [4.69, 9.17) is 0 Å². The highest BCUT2D eigenvalue weighted by atomic mass is 19.1. The van der Waals surface area contributed by atoms with Gasteiger partial charge in [-0.1, -0.05) is 13.0 Å². The molecular formula is C15H19F2N3. The van der Waals surface area contributed by atoms with E-state index in [-0.39, 0.29) is 6.04 Å². The Morgan fingerprint density at radius 3 is 2.70 bits per heavy atom. The Morgan fingerprint density at radius 2 is 2.10 bits per heavy atom.